The molecule has 86 valence electrons. The molecule has 0 aliphatic heterocycles. The lowest BCUT2D eigenvalue weighted by Crippen LogP contribution is -1.75. The van der Waals surface area contributed by atoms with Crippen molar-refractivity contribution in [1.82, 2.24) is 0 Å². The van der Waals surface area contributed by atoms with Crippen molar-refractivity contribution < 1.29 is 5.11 Å². The average molecular weight is 226 g/mol. The van der Waals surface area contributed by atoms with Crippen LogP contribution < -0.4 is 0 Å². The Morgan fingerprint density at radius 2 is 1.29 bits per heavy atom. The van der Waals surface area contributed by atoms with Crippen molar-refractivity contribution in [1.29, 1.82) is 0 Å². The molecule has 0 unspecified atom stereocenters. The highest BCUT2D eigenvalue weighted by Gasteiger charge is 1.92. The Labute approximate surface area is 100 Å². The number of phenols is 1. The zero-order valence-electron chi connectivity index (χ0n) is 9.67. The maximum atomic E-state index is 9.13. The Hall–Kier alpha value is -2.16. The van der Waals surface area contributed by atoms with Crippen LogP contribution in [0.15, 0.2) is 58.8 Å². The van der Waals surface area contributed by atoms with Crippen molar-refractivity contribution in [3.8, 4) is 5.75 Å². The summed E-state index contributed by atoms with van der Waals surface area (Å²) < 4.78 is 0. The van der Waals surface area contributed by atoms with Crippen LogP contribution in [0.4, 0.5) is 11.4 Å². The molecule has 3 heteroatoms. The van der Waals surface area contributed by atoms with Gasteiger partial charge in [0.15, 0.2) is 0 Å². The summed E-state index contributed by atoms with van der Waals surface area (Å²) in [6.07, 6.45) is 1.02. The topological polar surface area (TPSA) is 45.0 Å². The van der Waals surface area contributed by atoms with Gasteiger partial charge in [-0.2, -0.15) is 10.2 Å². The molecule has 0 atom stereocenters. The van der Waals surface area contributed by atoms with Gasteiger partial charge in [0, 0.05) is 0 Å². The number of hydrogen-bond acceptors (Lipinski definition) is 3. The molecule has 0 bridgehead atoms. The van der Waals surface area contributed by atoms with Crippen LogP contribution in [0, 0.1) is 0 Å². The molecule has 0 amide bonds. The molecule has 17 heavy (non-hydrogen) atoms. The quantitative estimate of drug-likeness (QED) is 0.776. The highest BCUT2D eigenvalue weighted by atomic mass is 16.3. The molecule has 0 aromatic heterocycles. The van der Waals surface area contributed by atoms with E-state index in [-0.39, 0.29) is 5.75 Å². The summed E-state index contributed by atoms with van der Waals surface area (Å²) in [5.74, 6) is 0.233. The van der Waals surface area contributed by atoms with Gasteiger partial charge in [0.05, 0.1) is 11.4 Å². The van der Waals surface area contributed by atoms with Gasteiger partial charge in [-0.25, -0.2) is 0 Å². The Morgan fingerprint density at radius 3 is 1.76 bits per heavy atom. The predicted octanol–water partition coefficient (Wildman–Crippen LogP) is 4.37. The maximum Gasteiger partial charge on any atom is 0.115 e. The van der Waals surface area contributed by atoms with Crippen LogP contribution in [-0.4, -0.2) is 5.11 Å². The minimum absolute atomic E-state index is 0.233. The fraction of sp³-hybridized carbons (Fsp3) is 0.143. The largest absolute Gasteiger partial charge is 0.508 e. The molecule has 0 heterocycles. The molecule has 0 saturated carbocycles. The van der Waals surface area contributed by atoms with Crippen molar-refractivity contribution >= 4 is 11.4 Å². The van der Waals surface area contributed by atoms with E-state index in [0.717, 1.165) is 17.8 Å². The first-order chi connectivity index (χ1) is 8.28. The second-order valence-electron chi connectivity index (χ2n) is 3.74. The lowest BCUT2D eigenvalue weighted by molar-refractivity contribution is 0.475. The number of phenolic OH excluding ortho intramolecular Hbond substituents is 1. The molecule has 0 saturated heterocycles. The highest BCUT2D eigenvalue weighted by molar-refractivity contribution is 5.42. The Kier molecular flexibility index (Phi) is 3.50. The van der Waals surface area contributed by atoms with Crippen molar-refractivity contribution in [2.24, 2.45) is 10.2 Å². The van der Waals surface area contributed by atoms with Crippen LogP contribution in [0.5, 0.6) is 5.75 Å². The van der Waals surface area contributed by atoms with Gasteiger partial charge in [-0.3, -0.25) is 0 Å². The summed E-state index contributed by atoms with van der Waals surface area (Å²) in [5.41, 5.74) is 2.84. The Balaban J connectivity index is 2.11. The van der Waals surface area contributed by atoms with E-state index in [0.29, 0.717) is 0 Å². The fourth-order valence-corrected chi connectivity index (χ4v) is 1.43. The van der Waals surface area contributed by atoms with Crippen LogP contribution in [0.1, 0.15) is 12.5 Å². The van der Waals surface area contributed by atoms with E-state index in [1.54, 1.807) is 24.3 Å². The third-order valence-corrected chi connectivity index (χ3v) is 2.48. The summed E-state index contributed by atoms with van der Waals surface area (Å²) in [5, 5.41) is 17.3. The van der Waals surface area contributed by atoms with E-state index in [1.807, 2.05) is 24.3 Å². The molecule has 2 aromatic rings. The first kappa shape index (κ1) is 11.3. The number of azo groups is 1. The van der Waals surface area contributed by atoms with E-state index in [9.17, 15) is 0 Å². The number of aromatic hydroxyl groups is 1. The van der Waals surface area contributed by atoms with Crippen molar-refractivity contribution in [2.75, 3.05) is 0 Å². The summed E-state index contributed by atoms with van der Waals surface area (Å²) in [6, 6.07) is 14.6. The highest BCUT2D eigenvalue weighted by Crippen LogP contribution is 2.20. The fourth-order valence-electron chi connectivity index (χ4n) is 1.43. The van der Waals surface area contributed by atoms with E-state index in [2.05, 4.69) is 17.2 Å². The first-order valence-corrected chi connectivity index (χ1v) is 5.57. The normalized spacial score (nSPS) is 10.9. The van der Waals surface area contributed by atoms with E-state index in [1.165, 1.54) is 5.56 Å². The minimum Gasteiger partial charge on any atom is -0.508 e. The number of benzene rings is 2. The Bertz CT molecular complexity index is 501. The molecule has 0 fully saturated rings. The maximum absolute atomic E-state index is 9.13. The van der Waals surface area contributed by atoms with Gasteiger partial charge in [-0.1, -0.05) is 19.1 Å². The van der Waals surface area contributed by atoms with Gasteiger partial charge < -0.3 is 5.11 Å². The van der Waals surface area contributed by atoms with Gasteiger partial charge in [0.2, 0.25) is 0 Å². The molecule has 0 aliphatic carbocycles. The zero-order chi connectivity index (χ0) is 12.1. The van der Waals surface area contributed by atoms with Crippen LogP contribution >= 0.6 is 0 Å². The summed E-state index contributed by atoms with van der Waals surface area (Å²) in [7, 11) is 0. The molecule has 1 N–H and O–H groups in total. The van der Waals surface area contributed by atoms with Crippen molar-refractivity contribution in [3.63, 3.8) is 0 Å². The molecule has 0 radical (unpaired) electrons. The number of nitrogens with zero attached hydrogens (tertiary/aromatic N) is 2. The Morgan fingerprint density at radius 1 is 0.824 bits per heavy atom. The predicted molar refractivity (Wildman–Crippen MR) is 68.1 cm³/mol. The first-order valence-electron chi connectivity index (χ1n) is 5.57. The zero-order valence-corrected chi connectivity index (χ0v) is 9.67. The van der Waals surface area contributed by atoms with E-state index >= 15 is 0 Å². The third kappa shape index (κ3) is 3.14. The molecule has 2 rings (SSSR count). The van der Waals surface area contributed by atoms with Gasteiger partial charge in [-0.15, -0.1) is 0 Å². The lowest BCUT2D eigenvalue weighted by Gasteiger charge is -1.96. The van der Waals surface area contributed by atoms with Gasteiger partial charge in [-0.05, 0) is 48.4 Å². The third-order valence-electron chi connectivity index (χ3n) is 2.48. The van der Waals surface area contributed by atoms with Crippen LogP contribution in [0.25, 0.3) is 0 Å². The van der Waals surface area contributed by atoms with Crippen LogP contribution in [0.3, 0.4) is 0 Å². The molecule has 0 spiro atoms. The minimum atomic E-state index is 0.233. The van der Waals surface area contributed by atoms with Gasteiger partial charge in [0.1, 0.15) is 5.75 Å². The van der Waals surface area contributed by atoms with Crippen LogP contribution in [-0.2, 0) is 6.42 Å². The van der Waals surface area contributed by atoms with E-state index in [4.69, 9.17) is 5.11 Å². The summed E-state index contributed by atoms with van der Waals surface area (Å²) >= 11 is 0. The standard InChI is InChI=1S/C14H14N2O/c1-2-11-3-5-12(6-4-11)15-16-13-7-9-14(17)10-8-13/h3-10,17H,2H2,1H3. The molecular formula is C14H14N2O. The molecule has 2 aromatic carbocycles. The smallest absolute Gasteiger partial charge is 0.115 e. The molecule has 3 nitrogen and oxygen atoms in total. The molecular weight excluding hydrogens is 212 g/mol. The number of aryl methyl sites for hydroxylation is 1. The second kappa shape index (κ2) is 5.25. The monoisotopic (exact) mass is 226 g/mol. The average Bonchev–Trinajstić information content (AvgIpc) is 2.39. The summed E-state index contributed by atoms with van der Waals surface area (Å²) in [6.45, 7) is 2.12. The second-order valence-corrected chi connectivity index (χ2v) is 3.74. The molecule has 0 aliphatic rings. The number of hydrogen-bond donors (Lipinski definition) is 1. The number of rotatable bonds is 3. The van der Waals surface area contributed by atoms with Gasteiger partial charge in [0.25, 0.3) is 0 Å². The summed E-state index contributed by atoms with van der Waals surface area (Å²) in [4.78, 5) is 0. The van der Waals surface area contributed by atoms with Gasteiger partial charge >= 0.3 is 0 Å². The SMILES string of the molecule is CCc1ccc(N=Nc2ccc(O)cc2)cc1. The lowest BCUT2D eigenvalue weighted by atomic mass is 10.2. The van der Waals surface area contributed by atoms with Crippen molar-refractivity contribution in [3.05, 3.63) is 54.1 Å². The van der Waals surface area contributed by atoms with Crippen molar-refractivity contribution in [2.45, 2.75) is 13.3 Å². The van der Waals surface area contributed by atoms with E-state index < -0.39 is 0 Å². The van der Waals surface area contributed by atoms with Crippen LogP contribution in [0.2, 0.25) is 0 Å².